The number of rotatable bonds is 4. The van der Waals surface area contributed by atoms with E-state index >= 15 is 0 Å². The van der Waals surface area contributed by atoms with E-state index in [1.54, 1.807) is 10.9 Å². The van der Waals surface area contributed by atoms with Crippen molar-refractivity contribution in [1.29, 1.82) is 0 Å². The highest BCUT2D eigenvalue weighted by atomic mass is 15.2. The lowest BCUT2D eigenvalue weighted by Gasteiger charge is -2.01. The second-order valence-corrected chi connectivity index (χ2v) is 3.45. The van der Waals surface area contributed by atoms with Crippen LogP contribution in [0.4, 0.5) is 0 Å². The van der Waals surface area contributed by atoms with Crippen LogP contribution in [0.1, 0.15) is 11.3 Å². The third-order valence-electron chi connectivity index (χ3n) is 2.12. The molecule has 0 saturated carbocycles. The van der Waals surface area contributed by atoms with Crippen LogP contribution in [-0.4, -0.2) is 14.8 Å². The summed E-state index contributed by atoms with van der Waals surface area (Å²) >= 11 is 0. The van der Waals surface area contributed by atoms with E-state index in [0.29, 0.717) is 0 Å². The largest absolute Gasteiger partial charge is 0.307 e. The predicted molar refractivity (Wildman–Crippen MR) is 58.0 cm³/mol. The van der Waals surface area contributed by atoms with Crippen molar-refractivity contribution in [2.24, 2.45) is 7.05 Å². The van der Waals surface area contributed by atoms with E-state index in [0.717, 1.165) is 18.8 Å². The monoisotopic (exact) mass is 202 g/mol. The van der Waals surface area contributed by atoms with Crippen LogP contribution < -0.4 is 5.32 Å². The summed E-state index contributed by atoms with van der Waals surface area (Å²) in [4.78, 5) is 4.23. The SMILES string of the molecule is Cn1cc(CNCc2ccccn2)cn1. The van der Waals surface area contributed by atoms with Crippen molar-refractivity contribution in [3.63, 3.8) is 0 Å². The van der Waals surface area contributed by atoms with Gasteiger partial charge in [0.1, 0.15) is 0 Å². The molecule has 0 bridgehead atoms. The van der Waals surface area contributed by atoms with Crippen LogP contribution in [0, 0.1) is 0 Å². The number of pyridine rings is 1. The Labute approximate surface area is 89.0 Å². The number of hydrogen-bond donors (Lipinski definition) is 1. The Morgan fingerprint density at radius 2 is 2.27 bits per heavy atom. The molecule has 0 saturated heterocycles. The summed E-state index contributed by atoms with van der Waals surface area (Å²) in [5, 5.41) is 7.42. The fourth-order valence-corrected chi connectivity index (χ4v) is 1.40. The molecule has 0 aliphatic carbocycles. The average Bonchev–Trinajstić information content (AvgIpc) is 2.66. The zero-order valence-corrected chi connectivity index (χ0v) is 8.72. The zero-order chi connectivity index (χ0) is 10.5. The van der Waals surface area contributed by atoms with Gasteiger partial charge in [-0.25, -0.2) is 0 Å². The number of nitrogens with one attached hydrogen (secondary N) is 1. The van der Waals surface area contributed by atoms with Gasteiger partial charge in [-0.2, -0.15) is 5.10 Å². The lowest BCUT2D eigenvalue weighted by atomic mass is 10.3. The molecule has 2 aromatic heterocycles. The molecule has 4 nitrogen and oxygen atoms in total. The van der Waals surface area contributed by atoms with Crippen molar-refractivity contribution in [2.45, 2.75) is 13.1 Å². The summed E-state index contributed by atoms with van der Waals surface area (Å²) in [7, 11) is 1.92. The highest BCUT2D eigenvalue weighted by Gasteiger charge is 1.96. The van der Waals surface area contributed by atoms with Gasteiger partial charge in [-0.3, -0.25) is 9.67 Å². The van der Waals surface area contributed by atoms with Gasteiger partial charge in [0.05, 0.1) is 11.9 Å². The number of nitrogens with zero attached hydrogens (tertiary/aromatic N) is 3. The molecule has 0 aliphatic heterocycles. The minimum atomic E-state index is 0.787. The third-order valence-corrected chi connectivity index (χ3v) is 2.12. The molecule has 2 aromatic rings. The Bertz CT molecular complexity index is 408. The van der Waals surface area contributed by atoms with Crippen molar-refractivity contribution in [3.8, 4) is 0 Å². The van der Waals surface area contributed by atoms with Crippen molar-refractivity contribution >= 4 is 0 Å². The average molecular weight is 202 g/mol. The molecule has 0 fully saturated rings. The van der Waals surface area contributed by atoms with Gasteiger partial charge in [-0.1, -0.05) is 6.07 Å². The molecule has 4 heteroatoms. The molecule has 0 unspecified atom stereocenters. The van der Waals surface area contributed by atoms with Gasteiger partial charge < -0.3 is 5.32 Å². The lowest BCUT2D eigenvalue weighted by Crippen LogP contribution is -2.13. The quantitative estimate of drug-likeness (QED) is 0.807. The van der Waals surface area contributed by atoms with Gasteiger partial charge in [-0.05, 0) is 12.1 Å². The van der Waals surface area contributed by atoms with Gasteiger partial charge in [0.2, 0.25) is 0 Å². The number of aromatic nitrogens is 3. The van der Waals surface area contributed by atoms with E-state index in [2.05, 4.69) is 15.4 Å². The summed E-state index contributed by atoms with van der Waals surface area (Å²) in [5.74, 6) is 0. The van der Waals surface area contributed by atoms with Gasteiger partial charge in [0.15, 0.2) is 0 Å². The Balaban J connectivity index is 1.80. The molecule has 78 valence electrons. The first-order valence-electron chi connectivity index (χ1n) is 4.93. The summed E-state index contributed by atoms with van der Waals surface area (Å²) < 4.78 is 1.80. The summed E-state index contributed by atoms with van der Waals surface area (Å²) in [6, 6.07) is 5.93. The maximum atomic E-state index is 4.23. The van der Waals surface area contributed by atoms with Crippen LogP contribution in [0.2, 0.25) is 0 Å². The zero-order valence-electron chi connectivity index (χ0n) is 8.72. The summed E-state index contributed by atoms with van der Waals surface area (Å²) in [5.41, 5.74) is 2.25. The van der Waals surface area contributed by atoms with Crippen molar-refractivity contribution in [2.75, 3.05) is 0 Å². The highest BCUT2D eigenvalue weighted by Crippen LogP contribution is 1.97. The minimum absolute atomic E-state index is 0.787. The first-order chi connectivity index (χ1) is 7.34. The highest BCUT2D eigenvalue weighted by molar-refractivity contribution is 5.05. The second kappa shape index (κ2) is 4.70. The molecule has 0 spiro atoms. The number of hydrogen-bond acceptors (Lipinski definition) is 3. The normalized spacial score (nSPS) is 10.5. The smallest absolute Gasteiger partial charge is 0.0541 e. The molecule has 0 atom stereocenters. The Kier molecular flexibility index (Phi) is 3.09. The van der Waals surface area contributed by atoms with Crippen LogP contribution in [-0.2, 0) is 20.1 Å². The molecule has 2 rings (SSSR count). The molecular formula is C11H14N4. The summed E-state index contributed by atoms with van der Waals surface area (Å²) in [6.07, 6.45) is 5.68. The van der Waals surface area contributed by atoms with Gasteiger partial charge in [0.25, 0.3) is 0 Å². The molecule has 0 amide bonds. The van der Waals surface area contributed by atoms with Crippen LogP contribution >= 0.6 is 0 Å². The first-order valence-corrected chi connectivity index (χ1v) is 4.93. The fourth-order valence-electron chi connectivity index (χ4n) is 1.40. The molecule has 0 radical (unpaired) electrons. The van der Waals surface area contributed by atoms with Crippen LogP contribution in [0.3, 0.4) is 0 Å². The van der Waals surface area contributed by atoms with E-state index in [1.165, 1.54) is 5.56 Å². The van der Waals surface area contributed by atoms with Crippen LogP contribution in [0.5, 0.6) is 0 Å². The van der Waals surface area contributed by atoms with Crippen LogP contribution in [0.25, 0.3) is 0 Å². The molecule has 2 heterocycles. The first kappa shape index (κ1) is 9.86. The van der Waals surface area contributed by atoms with Crippen molar-refractivity contribution in [3.05, 3.63) is 48.0 Å². The Morgan fingerprint density at radius 1 is 1.33 bits per heavy atom. The fraction of sp³-hybridized carbons (Fsp3) is 0.273. The van der Waals surface area contributed by atoms with Crippen LogP contribution in [0.15, 0.2) is 36.8 Å². The van der Waals surface area contributed by atoms with E-state index in [-0.39, 0.29) is 0 Å². The minimum Gasteiger partial charge on any atom is -0.307 e. The maximum absolute atomic E-state index is 4.23. The topological polar surface area (TPSA) is 42.7 Å². The van der Waals surface area contributed by atoms with E-state index in [9.17, 15) is 0 Å². The van der Waals surface area contributed by atoms with Gasteiger partial charge in [0, 0.05) is 38.1 Å². The van der Waals surface area contributed by atoms with Crippen molar-refractivity contribution in [1.82, 2.24) is 20.1 Å². The molecule has 0 aliphatic rings. The standard InChI is InChI=1S/C11H14N4/c1-15-9-10(7-14-15)6-12-8-11-4-2-3-5-13-11/h2-5,7,9,12H,6,8H2,1H3. The molecular weight excluding hydrogens is 188 g/mol. The lowest BCUT2D eigenvalue weighted by molar-refractivity contribution is 0.678. The van der Waals surface area contributed by atoms with Gasteiger partial charge in [-0.15, -0.1) is 0 Å². The summed E-state index contributed by atoms with van der Waals surface area (Å²) in [6.45, 7) is 1.61. The van der Waals surface area contributed by atoms with Gasteiger partial charge >= 0.3 is 0 Å². The molecule has 1 N–H and O–H groups in total. The second-order valence-electron chi connectivity index (χ2n) is 3.45. The Morgan fingerprint density at radius 3 is 2.93 bits per heavy atom. The maximum Gasteiger partial charge on any atom is 0.0541 e. The Hall–Kier alpha value is -1.68. The molecule has 15 heavy (non-hydrogen) atoms. The van der Waals surface area contributed by atoms with E-state index in [1.807, 2.05) is 37.6 Å². The number of aryl methyl sites for hydroxylation is 1. The molecule has 0 aromatic carbocycles. The van der Waals surface area contributed by atoms with E-state index < -0.39 is 0 Å². The predicted octanol–water partition coefficient (Wildman–Crippen LogP) is 1.10. The van der Waals surface area contributed by atoms with E-state index in [4.69, 9.17) is 0 Å². The third kappa shape index (κ3) is 2.89. The van der Waals surface area contributed by atoms with Crippen molar-refractivity contribution < 1.29 is 0 Å².